The van der Waals surface area contributed by atoms with Crippen LogP contribution in [0.2, 0.25) is 0 Å². The van der Waals surface area contributed by atoms with Gasteiger partial charge in [-0.15, -0.1) is 23.2 Å². The summed E-state index contributed by atoms with van der Waals surface area (Å²) in [6, 6.07) is 1.89. The van der Waals surface area contributed by atoms with Gasteiger partial charge in [-0.3, -0.25) is 28.8 Å². The van der Waals surface area contributed by atoms with Gasteiger partial charge in [0.1, 0.15) is 47.2 Å². The van der Waals surface area contributed by atoms with Gasteiger partial charge < -0.3 is 35.0 Å². The van der Waals surface area contributed by atoms with Crippen LogP contribution >= 0.6 is 23.2 Å². The van der Waals surface area contributed by atoms with Gasteiger partial charge in [0.2, 0.25) is 35.4 Å². The molecule has 290 valence electrons. The molecule has 14 nitrogen and oxygen atoms in total. The average Bonchev–Trinajstić information content (AvgIpc) is 3.08. The molecule has 1 fully saturated rings. The summed E-state index contributed by atoms with van der Waals surface area (Å²) in [6.07, 6.45) is -1.32. The highest BCUT2D eigenvalue weighted by Crippen LogP contribution is 2.22. The van der Waals surface area contributed by atoms with E-state index in [-0.39, 0.29) is 12.8 Å². The van der Waals surface area contributed by atoms with Crippen molar-refractivity contribution in [2.45, 2.75) is 108 Å². The monoisotopic (exact) mass is 768 g/mol. The number of rotatable bonds is 7. The van der Waals surface area contributed by atoms with Crippen LogP contribution in [0.4, 0.5) is 0 Å². The van der Waals surface area contributed by atoms with Crippen molar-refractivity contribution in [1.82, 2.24) is 30.2 Å². The number of carbonyl (C=O) groups excluding carboxylic acids is 7. The van der Waals surface area contributed by atoms with Crippen LogP contribution in [0.15, 0.2) is 30.3 Å². The van der Waals surface area contributed by atoms with Gasteiger partial charge in [-0.05, 0) is 45.1 Å². The normalized spacial score (nSPS) is 27.1. The van der Waals surface area contributed by atoms with E-state index in [2.05, 4.69) is 10.6 Å². The maximum absolute atomic E-state index is 14.3. The second-order valence-electron chi connectivity index (χ2n) is 14.0. The van der Waals surface area contributed by atoms with Crippen LogP contribution < -0.4 is 10.6 Å². The smallest absolute Gasteiger partial charge is 0.328 e. The number of benzene rings is 1. The number of hydrogen-bond donors (Lipinski definition) is 2. The Kier molecular flexibility index (Phi) is 16.4. The molecule has 2 rings (SSSR count). The molecule has 2 N–H and O–H groups in total. The van der Waals surface area contributed by atoms with Crippen molar-refractivity contribution in [1.29, 1.82) is 0 Å². The predicted molar refractivity (Wildman–Crippen MR) is 197 cm³/mol. The molecule has 1 heterocycles. The van der Waals surface area contributed by atoms with Crippen molar-refractivity contribution in [3.63, 3.8) is 0 Å². The standard InChI is InChI=1S/C36H54Cl2N6O8/c1-19(2)28-32(47)39-21(4)33(48)41(8)23(6)34(49)42(9)26(18-25-15-13-12-14-16-25)31(46)40-22(5)36(51)52-24(7)29(35(50)44(28)11)43(10)27(45)17-20(3)30(37)38/h12-16,19-24,26,28-30H,17-18H2,1-11H3,(H,39,47)(H,40,46)/t20?,21-,22+,23+,24-,26-,28+,29+/m1/s1. The number of hydrogen-bond acceptors (Lipinski definition) is 8. The molecule has 16 heteroatoms. The van der Waals surface area contributed by atoms with Crippen LogP contribution in [-0.4, -0.2) is 136 Å². The quantitative estimate of drug-likeness (QED) is 0.314. The third kappa shape index (κ3) is 11.0. The van der Waals surface area contributed by atoms with Crippen LogP contribution in [0, 0.1) is 11.8 Å². The summed E-state index contributed by atoms with van der Waals surface area (Å²) in [5, 5.41) is 5.31. The molecule has 52 heavy (non-hydrogen) atoms. The molecule has 0 bridgehead atoms. The number of nitrogens with zero attached hydrogens (tertiary/aromatic N) is 4. The molecular weight excluding hydrogens is 715 g/mol. The van der Waals surface area contributed by atoms with E-state index >= 15 is 0 Å². The molecule has 1 unspecified atom stereocenters. The lowest BCUT2D eigenvalue weighted by Crippen LogP contribution is -2.61. The Morgan fingerprint density at radius 1 is 0.808 bits per heavy atom. The summed E-state index contributed by atoms with van der Waals surface area (Å²) in [7, 11) is 5.61. The SMILES string of the molecule is CC(CC(=O)N(C)[C@@H]1C(=O)N(C)[C@@H](C(C)C)C(=O)N[C@H](C)C(=O)N(C)[C@@H](C)C(=O)N(C)[C@H](Cc2ccccc2)C(=O)N[C@@H](C)C(=O)O[C@@H]1C)C(Cl)Cl. The van der Waals surface area contributed by atoms with Gasteiger partial charge in [0.25, 0.3) is 0 Å². The van der Waals surface area contributed by atoms with Crippen LogP contribution in [0.3, 0.4) is 0 Å². The van der Waals surface area contributed by atoms with Gasteiger partial charge >= 0.3 is 5.97 Å². The topological polar surface area (TPSA) is 166 Å². The predicted octanol–water partition coefficient (Wildman–Crippen LogP) is 2.00. The Balaban J connectivity index is 2.67. The molecule has 0 spiro atoms. The first-order valence-corrected chi connectivity index (χ1v) is 18.2. The molecule has 8 atom stereocenters. The van der Waals surface area contributed by atoms with Crippen LogP contribution in [-0.2, 0) is 44.7 Å². The highest BCUT2D eigenvalue weighted by atomic mass is 35.5. The molecule has 0 aliphatic carbocycles. The Labute approximate surface area is 316 Å². The van der Waals surface area contributed by atoms with Crippen molar-refractivity contribution in [3.05, 3.63) is 35.9 Å². The third-order valence-electron chi connectivity index (χ3n) is 9.52. The zero-order valence-electron chi connectivity index (χ0n) is 31.9. The number of likely N-dealkylation sites (N-methyl/N-ethyl adjacent to an activating group) is 4. The summed E-state index contributed by atoms with van der Waals surface area (Å²) < 4.78 is 5.74. The lowest BCUT2D eigenvalue weighted by Gasteiger charge is -2.38. The van der Waals surface area contributed by atoms with Gasteiger partial charge in [0.05, 0.1) is 0 Å². The molecule has 1 aromatic carbocycles. The van der Waals surface area contributed by atoms with Crippen LogP contribution in [0.5, 0.6) is 0 Å². The Morgan fingerprint density at radius 3 is 1.90 bits per heavy atom. The summed E-state index contributed by atoms with van der Waals surface area (Å²) >= 11 is 12.0. The fraction of sp³-hybridized carbons (Fsp3) is 0.639. The van der Waals surface area contributed by atoms with Gasteiger partial charge in [0.15, 0.2) is 0 Å². The number of alkyl halides is 2. The van der Waals surface area contributed by atoms with Crippen molar-refractivity contribution in [2.24, 2.45) is 11.8 Å². The maximum Gasteiger partial charge on any atom is 0.328 e. The number of carbonyl (C=O) groups is 7. The van der Waals surface area contributed by atoms with E-state index in [1.807, 2.05) is 6.07 Å². The largest absolute Gasteiger partial charge is 0.458 e. The summed E-state index contributed by atoms with van der Waals surface area (Å²) in [6.45, 7) is 10.9. The second-order valence-corrected chi connectivity index (χ2v) is 15.1. The number of amides is 6. The number of nitrogens with one attached hydrogen (secondary N) is 2. The van der Waals surface area contributed by atoms with Crippen molar-refractivity contribution >= 4 is 64.6 Å². The lowest BCUT2D eigenvalue weighted by atomic mass is 9.99. The minimum absolute atomic E-state index is 0.0835. The highest BCUT2D eigenvalue weighted by Gasteiger charge is 2.42. The number of esters is 1. The van der Waals surface area contributed by atoms with E-state index < -0.39 is 100 Å². The van der Waals surface area contributed by atoms with E-state index in [1.165, 1.54) is 65.7 Å². The Bertz CT molecular complexity index is 1460. The molecule has 1 saturated heterocycles. The van der Waals surface area contributed by atoms with Crippen LogP contribution in [0.25, 0.3) is 0 Å². The lowest BCUT2D eigenvalue weighted by molar-refractivity contribution is -0.164. The van der Waals surface area contributed by atoms with Gasteiger partial charge in [-0.25, -0.2) is 4.79 Å². The average molecular weight is 770 g/mol. The minimum atomic E-state index is -1.42. The van der Waals surface area contributed by atoms with Crippen LogP contribution in [0.1, 0.15) is 60.5 Å². The molecule has 0 radical (unpaired) electrons. The fourth-order valence-corrected chi connectivity index (χ4v) is 6.23. The number of ether oxygens (including phenoxy) is 1. The molecular formula is C36H54Cl2N6O8. The highest BCUT2D eigenvalue weighted by molar-refractivity contribution is 6.44. The first-order valence-electron chi connectivity index (χ1n) is 17.3. The van der Waals surface area contributed by atoms with E-state index in [4.69, 9.17) is 27.9 Å². The minimum Gasteiger partial charge on any atom is -0.458 e. The first-order chi connectivity index (χ1) is 24.1. The van der Waals surface area contributed by atoms with Gasteiger partial charge in [0, 0.05) is 41.0 Å². The second kappa shape index (κ2) is 19.2. The van der Waals surface area contributed by atoms with E-state index in [9.17, 15) is 33.6 Å². The molecule has 1 aromatic rings. The molecule has 0 aromatic heterocycles. The zero-order chi connectivity index (χ0) is 39.8. The van der Waals surface area contributed by atoms with Crippen molar-refractivity contribution in [2.75, 3.05) is 28.2 Å². The zero-order valence-corrected chi connectivity index (χ0v) is 33.4. The number of halogens is 2. The third-order valence-corrected chi connectivity index (χ3v) is 10.4. The maximum atomic E-state index is 14.3. The van der Waals surface area contributed by atoms with Gasteiger partial charge in [-0.1, -0.05) is 51.1 Å². The molecule has 1 aliphatic rings. The fourth-order valence-electron chi connectivity index (χ4n) is 6.05. The van der Waals surface area contributed by atoms with E-state index in [0.717, 1.165) is 15.4 Å². The summed E-state index contributed by atoms with van der Waals surface area (Å²) in [5.41, 5.74) is 0.736. The van der Waals surface area contributed by atoms with E-state index in [1.54, 1.807) is 45.0 Å². The number of cyclic esters (lactones) is 1. The Hall–Kier alpha value is -3.91. The molecule has 6 amide bonds. The van der Waals surface area contributed by atoms with Crippen molar-refractivity contribution in [3.8, 4) is 0 Å². The molecule has 1 aliphatic heterocycles. The Morgan fingerprint density at radius 2 is 1.37 bits per heavy atom. The summed E-state index contributed by atoms with van der Waals surface area (Å²) in [4.78, 5) is 100. The van der Waals surface area contributed by atoms with Crippen molar-refractivity contribution < 1.29 is 38.3 Å². The van der Waals surface area contributed by atoms with E-state index in [0.29, 0.717) is 0 Å². The van der Waals surface area contributed by atoms with Gasteiger partial charge in [-0.2, -0.15) is 0 Å². The first kappa shape index (κ1) is 44.3. The molecule has 0 saturated carbocycles. The summed E-state index contributed by atoms with van der Waals surface area (Å²) in [5.74, 6) is -5.57.